The van der Waals surface area contributed by atoms with Gasteiger partial charge in [-0.2, -0.15) is 13.2 Å². The number of carbonyl (C=O) groups excluding carboxylic acids is 3. The molecule has 2 heterocycles. The van der Waals surface area contributed by atoms with E-state index in [1.807, 2.05) is 0 Å². The van der Waals surface area contributed by atoms with E-state index in [1.165, 1.54) is 40.3 Å². The van der Waals surface area contributed by atoms with E-state index >= 15 is 0 Å². The normalized spacial score (nSPS) is 18.8. The summed E-state index contributed by atoms with van der Waals surface area (Å²) in [7, 11) is 3.12. The van der Waals surface area contributed by atoms with E-state index in [9.17, 15) is 42.3 Å². The number of hydrogen-bond donors (Lipinski definition) is 2. The summed E-state index contributed by atoms with van der Waals surface area (Å²) in [6.07, 6.45) is -3.76. The molecule has 1 aliphatic heterocycles. The third kappa shape index (κ3) is 4.60. The van der Waals surface area contributed by atoms with Crippen LogP contribution in [0.4, 0.5) is 23.7 Å². The third-order valence-electron chi connectivity index (χ3n) is 8.33. The summed E-state index contributed by atoms with van der Waals surface area (Å²) in [4.78, 5) is 67.0. The van der Waals surface area contributed by atoms with Gasteiger partial charge in [0.25, 0.3) is 0 Å². The lowest BCUT2D eigenvalue weighted by atomic mass is 9.76. The predicted molar refractivity (Wildman–Crippen MR) is 143 cm³/mol. The molecule has 2 fully saturated rings. The average molecular weight is 588 g/mol. The molecular formula is C28H28F3N5O6. The lowest BCUT2D eigenvalue weighted by molar-refractivity contribution is -0.154. The molecule has 0 spiro atoms. The smallest absolute Gasteiger partial charge is 0.416 e. The summed E-state index contributed by atoms with van der Waals surface area (Å²) in [5.41, 5.74) is -1.64. The number of amides is 4. The molecule has 14 heteroatoms. The van der Waals surface area contributed by atoms with Gasteiger partial charge < -0.3 is 10.4 Å². The fraction of sp³-hybridized carbons (Fsp3) is 0.393. The van der Waals surface area contributed by atoms with Crippen molar-refractivity contribution < 1.29 is 37.5 Å². The van der Waals surface area contributed by atoms with E-state index in [2.05, 4.69) is 5.32 Å². The van der Waals surface area contributed by atoms with Crippen molar-refractivity contribution in [2.75, 3.05) is 11.4 Å². The Kier molecular flexibility index (Phi) is 6.90. The molecule has 2 aromatic carbocycles. The van der Waals surface area contributed by atoms with Crippen LogP contribution < -0.4 is 15.9 Å². The van der Waals surface area contributed by atoms with Crippen LogP contribution in [0.15, 0.2) is 41.2 Å². The fourth-order valence-corrected chi connectivity index (χ4v) is 5.56. The van der Waals surface area contributed by atoms with Crippen molar-refractivity contribution in [3.63, 3.8) is 0 Å². The number of aromatic nitrogens is 2. The predicted octanol–water partition coefficient (Wildman–Crippen LogP) is 2.91. The highest BCUT2D eigenvalue weighted by Crippen LogP contribution is 2.35. The molecule has 1 aromatic heterocycles. The molecule has 1 saturated carbocycles. The summed E-state index contributed by atoms with van der Waals surface area (Å²) in [5, 5.41) is 12.2. The van der Waals surface area contributed by atoms with Gasteiger partial charge in [-0.25, -0.2) is 14.4 Å². The number of anilines is 1. The fourth-order valence-electron chi connectivity index (χ4n) is 5.56. The highest BCUT2D eigenvalue weighted by Gasteiger charge is 2.50. The minimum Gasteiger partial charge on any atom is -0.480 e. The number of imidazole rings is 1. The molecule has 1 saturated heterocycles. The van der Waals surface area contributed by atoms with Crippen LogP contribution in [0.2, 0.25) is 0 Å². The van der Waals surface area contributed by atoms with Crippen LogP contribution in [0.5, 0.6) is 0 Å². The monoisotopic (exact) mass is 587 g/mol. The number of aliphatic carboxylic acids is 1. The first-order chi connectivity index (χ1) is 19.7. The highest BCUT2D eigenvalue weighted by atomic mass is 19.4. The van der Waals surface area contributed by atoms with Gasteiger partial charge in [0.2, 0.25) is 11.8 Å². The van der Waals surface area contributed by atoms with Crippen LogP contribution in [0, 0.1) is 12.8 Å². The number of nitrogens with zero attached hydrogens (tertiary/aromatic N) is 4. The van der Waals surface area contributed by atoms with Gasteiger partial charge in [0.15, 0.2) is 0 Å². The average Bonchev–Trinajstić information content (AvgIpc) is 3.11. The van der Waals surface area contributed by atoms with Crippen LogP contribution in [0.25, 0.3) is 11.0 Å². The van der Waals surface area contributed by atoms with E-state index in [1.54, 1.807) is 20.2 Å². The Hall–Kier alpha value is -4.62. The summed E-state index contributed by atoms with van der Waals surface area (Å²) in [6, 6.07) is 7.21. The first-order valence-electron chi connectivity index (χ1n) is 13.2. The maximum atomic E-state index is 13.8. The molecule has 1 atom stereocenters. The number of urea groups is 1. The maximum Gasteiger partial charge on any atom is 0.416 e. The number of hydrogen-bond acceptors (Lipinski definition) is 5. The first-order valence-corrected chi connectivity index (χ1v) is 13.2. The Morgan fingerprint density at radius 1 is 1.05 bits per heavy atom. The molecule has 2 N–H and O–H groups in total. The zero-order chi connectivity index (χ0) is 30.7. The third-order valence-corrected chi connectivity index (χ3v) is 8.33. The first kappa shape index (κ1) is 28.9. The molecule has 2 aliphatic rings. The number of alkyl halides is 3. The van der Waals surface area contributed by atoms with Gasteiger partial charge in [0, 0.05) is 26.3 Å². The Labute approximate surface area is 237 Å². The zero-order valence-corrected chi connectivity index (χ0v) is 23.0. The molecule has 11 nitrogen and oxygen atoms in total. The zero-order valence-electron chi connectivity index (χ0n) is 23.0. The molecule has 3 aromatic rings. The molecule has 5 rings (SSSR count). The summed E-state index contributed by atoms with van der Waals surface area (Å²) in [6.45, 7) is 0.240. The SMILES string of the molecule is Cc1c(CN2C(=O)C(C(=O)NC3(C(=O)O)CCC3)CN(c3ccc4c(c3)n(C)c(=O)n4C)C2=O)cccc1C(F)(F)F. The molecule has 1 unspecified atom stereocenters. The highest BCUT2D eigenvalue weighted by molar-refractivity contribution is 6.14. The molecular weight excluding hydrogens is 559 g/mol. The van der Waals surface area contributed by atoms with Crippen LogP contribution in [-0.2, 0) is 41.2 Å². The van der Waals surface area contributed by atoms with Crippen molar-refractivity contribution in [1.82, 2.24) is 19.4 Å². The van der Waals surface area contributed by atoms with Crippen LogP contribution in [0.3, 0.4) is 0 Å². The number of halogens is 3. The van der Waals surface area contributed by atoms with Gasteiger partial charge in [-0.15, -0.1) is 0 Å². The molecule has 4 amide bonds. The lowest BCUT2D eigenvalue weighted by Gasteiger charge is -2.42. The number of carboxylic acid groups (broad SMARTS) is 1. The second-order valence-corrected chi connectivity index (χ2v) is 10.8. The van der Waals surface area contributed by atoms with Crippen molar-refractivity contribution in [2.24, 2.45) is 20.0 Å². The minimum atomic E-state index is -4.67. The standard InChI is InChI=1S/C28H28F3N5O6/c1-15-16(6-4-7-19(15)28(29,30)31)13-36-23(38)18(22(37)32-27(24(39)40)10-5-11-27)14-35(26(36)42)17-8-9-20-21(12-17)34(3)25(41)33(20)2/h4,6-9,12,18H,5,10-11,13-14H2,1-3H3,(H,32,37)(H,39,40). The Balaban J connectivity index is 1.56. The number of imide groups is 1. The van der Waals surface area contributed by atoms with Gasteiger partial charge in [-0.3, -0.25) is 28.5 Å². The van der Waals surface area contributed by atoms with Crippen molar-refractivity contribution in [3.8, 4) is 0 Å². The van der Waals surface area contributed by atoms with Crippen LogP contribution in [0.1, 0.15) is 36.0 Å². The Morgan fingerprint density at radius 2 is 1.71 bits per heavy atom. The summed E-state index contributed by atoms with van der Waals surface area (Å²) >= 11 is 0. The van der Waals surface area contributed by atoms with Crippen molar-refractivity contribution in [3.05, 3.63) is 63.6 Å². The maximum absolute atomic E-state index is 13.8. The lowest BCUT2D eigenvalue weighted by Crippen LogP contribution is -2.65. The van der Waals surface area contributed by atoms with E-state index < -0.39 is 60.1 Å². The van der Waals surface area contributed by atoms with Crippen LogP contribution in [-0.4, -0.2) is 55.0 Å². The van der Waals surface area contributed by atoms with Gasteiger partial charge >= 0.3 is 23.9 Å². The summed E-state index contributed by atoms with van der Waals surface area (Å²) < 4.78 is 43.5. The number of carboxylic acids is 1. The van der Waals surface area contributed by atoms with Gasteiger partial charge in [0.05, 0.1) is 23.1 Å². The summed E-state index contributed by atoms with van der Waals surface area (Å²) in [5.74, 6) is -4.65. The Morgan fingerprint density at radius 3 is 2.31 bits per heavy atom. The second-order valence-electron chi connectivity index (χ2n) is 10.8. The second kappa shape index (κ2) is 10.0. The minimum absolute atomic E-state index is 0.0504. The van der Waals surface area contributed by atoms with E-state index in [4.69, 9.17) is 0 Å². The van der Waals surface area contributed by atoms with Crippen molar-refractivity contribution >= 4 is 40.5 Å². The number of nitrogens with one attached hydrogen (secondary N) is 1. The number of benzene rings is 2. The molecule has 42 heavy (non-hydrogen) atoms. The topological polar surface area (TPSA) is 134 Å². The van der Waals surface area contributed by atoms with E-state index in [0.717, 1.165) is 11.0 Å². The molecule has 0 radical (unpaired) electrons. The van der Waals surface area contributed by atoms with Crippen molar-refractivity contribution in [2.45, 2.75) is 44.4 Å². The van der Waals surface area contributed by atoms with Gasteiger partial charge in [-0.05, 0) is 61.6 Å². The largest absolute Gasteiger partial charge is 0.480 e. The number of fused-ring (bicyclic) bond motifs is 1. The number of carbonyl (C=O) groups is 4. The van der Waals surface area contributed by atoms with E-state index in [0.29, 0.717) is 22.4 Å². The quantitative estimate of drug-likeness (QED) is 0.426. The molecule has 0 bridgehead atoms. The number of rotatable bonds is 6. The van der Waals surface area contributed by atoms with Gasteiger partial charge in [-0.1, -0.05) is 12.1 Å². The number of aryl methyl sites for hydroxylation is 2. The van der Waals surface area contributed by atoms with Crippen molar-refractivity contribution in [1.29, 1.82) is 0 Å². The Bertz CT molecular complexity index is 1700. The molecule has 1 aliphatic carbocycles. The van der Waals surface area contributed by atoms with Crippen LogP contribution >= 0.6 is 0 Å². The van der Waals surface area contributed by atoms with E-state index in [-0.39, 0.29) is 35.3 Å². The molecule has 222 valence electrons. The van der Waals surface area contributed by atoms with Gasteiger partial charge in [0.1, 0.15) is 11.5 Å².